The number of amides is 1. The molecule has 2 heterocycles. The highest BCUT2D eigenvalue weighted by atomic mass is 35.5. The van der Waals surface area contributed by atoms with E-state index in [1.54, 1.807) is 23.7 Å². The van der Waals surface area contributed by atoms with Crippen LogP contribution in [-0.2, 0) is 18.3 Å². The summed E-state index contributed by atoms with van der Waals surface area (Å²) in [6.07, 6.45) is 0.553. The summed E-state index contributed by atoms with van der Waals surface area (Å²) in [6, 6.07) is 22.6. The number of rotatable bonds is 6. The molecule has 3 aromatic carbocycles. The van der Waals surface area contributed by atoms with Gasteiger partial charge in [0.15, 0.2) is 0 Å². The van der Waals surface area contributed by atoms with Crippen molar-refractivity contribution in [1.29, 1.82) is 0 Å². The van der Waals surface area contributed by atoms with Crippen LogP contribution in [0.25, 0.3) is 21.8 Å². The lowest BCUT2D eigenvalue weighted by molar-refractivity contribution is -0.118. The maximum Gasteiger partial charge on any atom is 0.258 e. The minimum Gasteiger partial charge on any atom is -0.507 e. The van der Waals surface area contributed by atoms with Gasteiger partial charge < -0.3 is 20.0 Å². The third-order valence-corrected chi connectivity index (χ3v) is 6.94. The number of benzene rings is 3. The Kier molecular flexibility index (Phi) is 6.29. The number of hydrogen-bond acceptors (Lipinski definition) is 3. The largest absolute Gasteiger partial charge is 0.507 e. The Morgan fingerprint density at radius 1 is 1.03 bits per heavy atom. The van der Waals surface area contributed by atoms with E-state index in [2.05, 4.69) is 10.3 Å². The summed E-state index contributed by atoms with van der Waals surface area (Å²) < 4.78 is 1.58. The van der Waals surface area contributed by atoms with Crippen molar-refractivity contribution in [3.8, 4) is 5.75 Å². The number of nitrogens with zero attached hydrogens (tertiary/aromatic N) is 1. The molecule has 0 aliphatic rings. The molecule has 0 saturated carbocycles. The smallest absolute Gasteiger partial charge is 0.258 e. The zero-order valence-electron chi connectivity index (χ0n) is 20.0. The van der Waals surface area contributed by atoms with Gasteiger partial charge >= 0.3 is 0 Å². The second-order valence-electron chi connectivity index (χ2n) is 8.92. The molecular formula is C29H26ClN3O3. The number of H-pyrrole nitrogens is 1. The topological polar surface area (TPSA) is 87.1 Å². The van der Waals surface area contributed by atoms with E-state index in [-0.39, 0.29) is 22.8 Å². The maximum atomic E-state index is 13.8. The first-order chi connectivity index (χ1) is 17.4. The van der Waals surface area contributed by atoms with Gasteiger partial charge in [-0.25, -0.2) is 0 Å². The van der Waals surface area contributed by atoms with Gasteiger partial charge in [-0.1, -0.05) is 54.1 Å². The van der Waals surface area contributed by atoms with E-state index in [1.165, 1.54) is 6.92 Å². The number of para-hydroxylation sites is 2. The van der Waals surface area contributed by atoms with Gasteiger partial charge in [-0.3, -0.25) is 9.59 Å². The number of aryl methyl sites for hydroxylation is 1. The van der Waals surface area contributed by atoms with Crippen molar-refractivity contribution in [3.63, 3.8) is 0 Å². The van der Waals surface area contributed by atoms with Crippen LogP contribution < -0.4 is 10.9 Å². The molecule has 182 valence electrons. The quantitative estimate of drug-likeness (QED) is 0.298. The molecule has 1 atom stereocenters. The van der Waals surface area contributed by atoms with Crippen molar-refractivity contribution in [2.75, 3.05) is 6.54 Å². The van der Waals surface area contributed by atoms with E-state index >= 15 is 0 Å². The minimum absolute atomic E-state index is 0.0416. The highest BCUT2D eigenvalue weighted by Crippen LogP contribution is 2.41. The number of aromatic nitrogens is 2. The molecule has 0 spiro atoms. The number of fused-ring (bicyclic) bond motifs is 2. The van der Waals surface area contributed by atoms with Crippen molar-refractivity contribution in [2.45, 2.75) is 19.3 Å². The molecule has 7 heteroatoms. The Morgan fingerprint density at radius 3 is 2.42 bits per heavy atom. The number of halogens is 1. The first-order valence-corrected chi connectivity index (χ1v) is 12.1. The second-order valence-corrected chi connectivity index (χ2v) is 9.36. The Morgan fingerprint density at radius 2 is 1.69 bits per heavy atom. The van der Waals surface area contributed by atoms with Crippen molar-refractivity contribution in [2.24, 2.45) is 7.05 Å². The molecule has 1 unspecified atom stereocenters. The number of nitrogens with one attached hydrogen (secondary N) is 2. The Labute approximate surface area is 213 Å². The predicted molar refractivity (Wildman–Crippen MR) is 144 cm³/mol. The zero-order chi connectivity index (χ0) is 25.4. The molecule has 36 heavy (non-hydrogen) atoms. The monoisotopic (exact) mass is 499 g/mol. The molecule has 2 aromatic heterocycles. The van der Waals surface area contributed by atoms with Crippen LogP contribution in [0.15, 0.2) is 77.6 Å². The number of carbonyl (C=O) groups excluding carboxylic acids is 1. The summed E-state index contributed by atoms with van der Waals surface area (Å²) >= 11 is 6.20. The molecule has 0 saturated heterocycles. The van der Waals surface area contributed by atoms with Gasteiger partial charge in [0.2, 0.25) is 5.91 Å². The number of pyridine rings is 1. The van der Waals surface area contributed by atoms with E-state index in [0.717, 1.165) is 27.7 Å². The molecule has 3 N–H and O–H groups in total. The van der Waals surface area contributed by atoms with Crippen LogP contribution in [0.4, 0.5) is 0 Å². The molecule has 0 bridgehead atoms. The SMILES string of the molecule is CC(=O)NCCc1c(C(c2ccc(Cl)cc2)c2c(O)c3ccccc3n(C)c2=O)[nH]c2ccccc12. The molecule has 5 aromatic rings. The first kappa shape index (κ1) is 23.7. The van der Waals surface area contributed by atoms with E-state index in [0.29, 0.717) is 28.9 Å². The molecule has 0 aliphatic heterocycles. The lowest BCUT2D eigenvalue weighted by atomic mass is 9.85. The second kappa shape index (κ2) is 9.55. The molecule has 5 rings (SSSR count). The van der Waals surface area contributed by atoms with E-state index in [1.807, 2.05) is 60.7 Å². The fourth-order valence-corrected chi connectivity index (χ4v) is 5.12. The van der Waals surface area contributed by atoms with Crippen LogP contribution in [0, 0.1) is 0 Å². The summed E-state index contributed by atoms with van der Waals surface area (Å²) in [6.45, 7) is 1.93. The molecular weight excluding hydrogens is 474 g/mol. The van der Waals surface area contributed by atoms with Crippen molar-refractivity contribution >= 4 is 39.3 Å². The van der Waals surface area contributed by atoms with Gasteiger partial charge in [-0.05, 0) is 47.9 Å². The fraction of sp³-hybridized carbons (Fsp3) is 0.172. The number of aromatic amines is 1. The number of aromatic hydroxyl groups is 1. The molecule has 0 radical (unpaired) electrons. The molecule has 0 fully saturated rings. The number of carbonyl (C=O) groups is 1. The average Bonchev–Trinajstić information content (AvgIpc) is 3.24. The van der Waals surface area contributed by atoms with Gasteiger partial charge in [-0.2, -0.15) is 0 Å². The van der Waals surface area contributed by atoms with Crippen LogP contribution in [0.5, 0.6) is 5.75 Å². The lowest BCUT2D eigenvalue weighted by Crippen LogP contribution is -2.26. The van der Waals surface area contributed by atoms with Gasteiger partial charge in [-0.15, -0.1) is 0 Å². The summed E-state index contributed by atoms with van der Waals surface area (Å²) in [5, 5.41) is 16.6. The van der Waals surface area contributed by atoms with Gasteiger partial charge in [0.1, 0.15) is 5.75 Å². The van der Waals surface area contributed by atoms with Crippen molar-refractivity contribution < 1.29 is 9.90 Å². The van der Waals surface area contributed by atoms with Gasteiger partial charge in [0.25, 0.3) is 5.56 Å². The van der Waals surface area contributed by atoms with E-state index in [4.69, 9.17) is 11.6 Å². The van der Waals surface area contributed by atoms with Crippen LogP contribution in [-0.4, -0.2) is 27.1 Å². The van der Waals surface area contributed by atoms with E-state index in [9.17, 15) is 14.7 Å². The predicted octanol–water partition coefficient (Wildman–Crippen LogP) is 5.24. The maximum absolute atomic E-state index is 13.8. The summed E-state index contributed by atoms with van der Waals surface area (Å²) in [4.78, 5) is 28.9. The van der Waals surface area contributed by atoms with Crippen LogP contribution in [0.3, 0.4) is 0 Å². The summed E-state index contributed by atoms with van der Waals surface area (Å²) in [5.41, 5.74) is 4.17. The Balaban J connectivity index is 1.82. The van der Waals surface area contributed by atoms with Crippen molar-refractivity contribution in [1.82, 2.24) is 14.9 Å². The summed E-state index contributed by atoms with van der Waals surface area (Å²) in [7, 11) is 1.72. The third kappa shape index (κ3) is 4.14. The lowest BCUT2D eigenvalue weighted by Gasteiger charge is -2.22. The van der Waals surface area contributed by atoms with Gasteiger partial charge in [0, 0.05) is 47.5 Å². The van der Waals surface area contributed by atoms with Crippen LogP contribution in [0.1, 0.15) is 35.2 Å². The zero-order valence-corrected chi connectivity index (χ0v) is 20.8. The van der Waals surface area contributed by atoms with Gasteiger partial charge in [0.05, 0.1) is 17.0 Å². The third-order valence-electron chi connectivity index (χ3n) is 6.69. The highest BCUT2D eigenvalue weighted by molar-refractivity contribution is 6.30. The van der Waals surface area contributed by atoms with Crippen LogP contribution >= 0.6 is 11.6 Å². The molecule has 0 aliphatic carbocycles. The summed E-state index contributed by atoms with van der Waals surface area (Å²) in [5.74, 6) is -0.739. The highest BCUT2D eigenvalue weighted by Gasteiger charge is 2.30. The Hall–Kier alpha value is -4.03. The molecule has 6 nitrogen and oxygen atoms in total. The average molecular weight is 500 g/mol. The standard InChI is InChI=1S/C29H26ClN3O3/c1-17(34)31-16-15-21-20-7-3-5-9-23(20)32-27(21)25(18-11-13-19(30)14-12-18)26-28(35)22-8-4-6-10-24(22)33(2)29(26)36/h3-14,25,32,35H,15-16H2,1-2H3,(H,31,34). The van der Waals surface area contributed by atoms with Crippen LogP contribution in [0.2, 0.25) is 5.02 Å². The molecule has 1 amide bonds. The number of hydrogen-bond donors (Lipinski definition) is 3. The fourth-order valence-electron chi connectivity index (χ4n) is 5.00. The minimum atomic E-state index is -0.592. The Bertz CT molecular complexity index is 1650. The normalized spacial score (nSPS) is 12.2. The van der Waals surface area contributed by atoms with E-state index < -0.39 is 5.92 Å². The van der Waals surface area contributed by atoms with Crippen molar-refractivity contribution in [3.05, 3.63) is 111 Å². The first-order valence-electron chi connectivity index (χ1n) is 11.8.